The van der Waals surface area contributed by atoms with E-state index in [0.717, 1.165) is 20.1 Å². The molecule has 0 aromatic carbocycles. The highest BCUT2D eigenvalue weighted by Crippen LogP contribution is 2.36. The molecule has 0 N–H and O–H groups in total. The second kappa shape index (κ2) is 5.60. The van der Waals surface area contributed by atoms with Crippen molar-refractivity contribution >= 4 is 5.91 Å². The molecule has 0 aromatic heterocycles. The van der Waals surface area contributed by atoms with Crippen molar-refractivity contribution in [1.29, 1.82) is 0 Å². The molecule has 0 radical (unpaired) electrons. The molecule has 1 heterocycles. The first-order valence-corrected chi connectivity index (χ1v) is 5.94. The second-order valence-corrected chi connectivity index (χ2v) is 5.00. The quantitative estimate of drug-likeness (QED) is 0.741. The molecule has 0 unspecified atom stereocenters. The van der Waals surface area contributed by atoms with Crippen LogP contribution < -0.4 is 0 Å². The van der Waals surface area contributed by atoms with Gasteiger partial charge < -0.3 is 9.80 Å². The van der Waals surface area contributed by atoms with Crippen molar-refractivity contribution in [3.63, 3.8) is 0 Å². The fourth-order valence-electron chi connectivity index (χ4n) is 2.08. The fourth-order valence-corrected chi connectivity index (χ4v) is 2.08. The number of piperidine rings is 1. The van der Waals surface area contributed by atoms with Gasteiger partial charge in [0.1, 0.15) is 0 Å². The molecule has 0 aliphatic carbocycles. The number of carbonyl (C=O) groups is 1. The first kappa shape index (κ1) is 16.1. The number of carbonyl (C=O) groups excluding carboxylic acids is 1. The molecule has 1 saturated heterocycles. The van der Waals surface area contributed by atoms with E-state index in [4.69, 9.17) is 0 Å². The summed E-state index contributed by atoms with van der Waals surface area (Å²) < 4.78 is 61.9. The van der Waals surface area contributed by atoms with Gasteiger partial charge in [-0.05, 0) is 38.9 Å². The standard InChI is InChI=1S/C11H17F5N2O/c1-17-5-3-8(4-6-17)7-18(2)9(19)10(12,13)11(14,15)16/h8H,3-7H2,1-2H3. The molecule has 1 aliphatic rings. The van der Waals surface area contributed by atoms with Crippen molar-refractivity contribution in [2.45, 2.75) is 24.9 Å². The van der Waals surface area contributed by atoms with E-state index < -0.39 is 18.0 Å². The van der Waals surface area contributed by atoms with Crippen LogP contribution in [0.3, 0.4) is 0 Å². The molecule has 1 amide bonds. The number of amides is 1. The van der Waals surface area contributed by atoms with Gasteiger partial charge in [-0.2, -0.15) is 22.0 Å². The van der Waals surface area contributed by atoms with Crippen LogP contribution in [0.4, 0.5) is 22.0 Å². The summed E-state index contributed by atoms with van der Waals surface area (Å²) in [6, 6.07) is 0. The molecule has 1 aliphatic heterocycles. The maximum Gasteiger partial charge on any atom is 0.463 e. The van der Waals surface area contributed by atoms with Gasteiger partial charge in [0.25, 0.3) is 0 Å². The van der Waals surface area contributed by atoms with E-state index in [9.17, 15) is 26.7 Å². The van der Waals surface area contributed by atoms with E-state index in [0.29, 0.717) is 17.7 Å². The summed E-state index contributed by atoms with van der Waals surface area (Å²) in [5.41, 5.74) is 0. The van der Waals surface area contributed by atoms with Gasteiger partial charge in [0.05, 0.1) is 0 Å². The molecule has 0 spiro atoms. The van der Waals surface area contributed by atoms with Crippen molar-refractivity contribution in [3.8, 4) is 0 Å². The number of rotatable bonds is 3. The van der Waals surface area contributed by atoms with E-state index in [1.54, 1.807) is 0 Å². The van der Waals surface area contributed by atoms with Gasteiger partial charge in [0, 0.05) is 13.6 Å². The van der Waals surface area contributed by atoms with Crippen LogP contribution in [-0.4, -0.2) is 61.5 Å². The molecule has 8 heteroatoms. The molecule has 0 bridgehead atoms. The van der Waals surface area contributed by atoms with Crippen LogP contribution in [0.15, 0.2) is 0 Å². The Kier molecular flexibility index (Phi) is 4.76. The lowest BCUT2D eigenvalue weighted by molar-refractivity contribution is -0.274. The molecule has 112 valence electrons. The van der Waals surface area contributed by atoms with Crippen LogP contribution in [0.25, 0.3) is 0 Å². The number of alkyl halides is 5. The highest BCUT2D eigenvalue weighted by molar-refractivity contribution is 5.84. The maximum absolute atomic E-state index is 12.9. The molecule has 1 fully saturated rings. The summed E-state index contributed by atoms with van der Waals surface area (Å²) in [4.78, 5) is 13.7. The Morgan fingerprint density at radius 2 is 1.68 bits per heavy atom. The van der Waals surface area contributed by atoms with Crippen molar-refractivity contribution in [2.24, 2.45) is 5.92 Å². The summed E-state index contributed by atoms with van der Waals surface area (Å²) in [6.07, 6.45) is -4.47. The molecule has 1 rings (SSSR count). The third-order valence-electron chi connectivity index (χ3n) is 3.34. The van der Waals surface area contributed by atoms with Crippen molar-refractivity contribution in [1.82, 2.24) is 9.80 Å². The summed E-state index contributed by atoms with van der Waals surface area (Å²) >= 11 is 0. The molecule has 19 heavy (non-hydrogen) atoms. The molecular formula is C11H17F5N2O. The predicted octanol–water partition coefficient (Wildman–Crippen LogP) is 1.98. The number of hydrogen-bond acceptors (Lipinski definition) is 2. The summed E-state index contributed by atoms with van der Waals surface area (Å²) in [5, 5.41) is 0. The summed E-state index contributed by atoms with van der Waals surface area (Å²) in [6.45, 7) is 1.43. The number of nitrogens with zero attached hydrogens (tertiary/aromatic N) is 2. The Bertz CT molecular complexity index is 324. The van der Waals surface area contributed by atoms with E-state index in [1.807, 2.05) is 11.9 Å². The number of hydrogen-bond donors (Lipinski definition) is 0. The van der Waals surface area contributed by atoms with Crippen LogP contribution in [-0.2, 0) is 4.79 Å². The highest BCUT2D eigenvalue weighted by Gasteiger charge is 2.64. The number of likely N-dealkylation sites (tertiary alicyclic amines) is 1. The Hall–Kier alpha value is -0.920. The van der Waals surface area contributed by atoms with Crippen LogP contribution in [0.1, 0.15) is 12.8 Å². The van der Waals surface area contributed by atoms with Gasteiger partial charge in [-0.15, -0.1) is 0 Å². The van der Waals surface area contributed by atoms with Crippen molar-refractivity contribution in [2.75, 3.05) is 33.7 Å². The van der Waals surface area contributed by atoms with Crippen LogP contribution in [0.2, 0.25) is 0 Å². The molecule has 0 saturated carbocycles. The van der Waals surface area contributed by atoms with Crippen molar-refractivity contribution < 1.29 is 26.7 Å². The average Bonchev–Trinajstić information content (AvgIpc) is 2.29. The average molecular weight is 288 g/mol. The van der Waals surface area contributed by atoms with E-state index in [2.05, 4.69) is 0 Å². The molecule has 3 nitrogen and oxygen atoms in total. The predicted molar refractivity (Wildman–Crippen MR) is 58.9 cm³/mol. The van der Waals surface area contributed by atoms with E-state index in [1.165, 1.54) is 0 Å². The van der Waals surface area contributed by atoms with Gasteiger partial charge in [-0.1, -0.05) is 0 Å². The summed E-state index contributed by atoms with van der Waals surface area (Å²) in [5.74, 6) is -7.53. The smallest absolute Gasteiger partial charge is 0.340 e. The lowest BCUT2D eigenvalue weighted by Gasteiger charge is -2.32. The summed E-state index contributed by atoms with van der Waals surface area (Å²) in [7, 11) is 2.89. The first-order valence-electron chi connectivity index (χ1n) is 5.94. The van der Waals surface area contributed by atoms with Crippen molar-refractivity contribution in [3.05, 3.63) is 0 Å². The minimum absolute atomic E-state index is 0.0332. The normalized spacial score (nSPS) is 19.5. The Labute approximate surface area is 108 Å². The van der Waals surface area contributed by atoms with Gasteiger partial charge in [-0.25, -0.2) is 0 Å². The first-order chi connectivity index (χ1) is 8.55. The van der Waals surface area contributed by atoms with Gasteiger partial charge in [0.15, 0.2) is 0 Å². The fraction of sp³-hybridized carbons (Fsp3) is 0.909. The molecular weight excluding hydrogens is 271 g/mol. The van der Waals surface area contributed by atoms with Gasteiger partial charge in [-0.3, -0.25) is 4.79 Å². The monoisotopic (exact) mass is 288 g/mol. The zero-order valence-electron chi connectivity index (χ0n) is 10.8. The Morgan fingerprint density at radius 1 is 1.21 bits per heavy atom. The largest absolute Gasteiger partial charge is 0.463 e. The molecule has 0 atom stereocenters. The topological polar surface area (TPSA) is 23.6 Å². The second-order valence-electron chi connectivity index (χ2n) is 5.00. The third kappa shape index (κ3) is 3.77. The van der Waals surface area contributed by atoms with E-state index >= 15 is 0 Å². The van der Waals surface area contributed by atoms with Gasteiger partial charge in [0.2, 0.25) is 0 Å². The minimum atomic E-state index is -5.84. The Morgan fingerprint density at radius 3 is 2.11 bits per heavy atom. The SMILES string of the molecule is CN1CCC(CN(C)C(=O)C(F)(F)C(F)(F)F)CC1. The van der Waals surface area contributed by atoms with Gasteiger partial charge >= 0.3 is 18.0 Å². The van der Waals surface area contributed by atoms with Crippen LogP contribution in [0, 0.1) is 5.92 Å². The van der Waals surface area contributed by atoms with E-state index in [-0.39, 0.29) is 12.5 Å². The third-order valence-corrected chi connectivity index (χ3v) is 3.34. The Balaban J connectivity index is 2.58. The molecule has 0 aromatic rings. The zero-order valence-corrected chi connectivity index (χ0v) is 10.8. The van der Waals surface area contributed by atoms with Crippen LogP contribution in [0.5, 0.6) is 0 Å². The highest BCUT2D eigenvalue weighted by atomic mass is 19.4. The van der Waals surface area contributed by atoms with Crippen LogP contribution >= 0.6 is 0 Å². The zero-order chi connectivity index (χ0) is 14.8. The lowest BCUT2D eigenvalue weighted by Crippen LogP contribution is -2.52. The number of halogens is 5. The minimum Gasteiger partial charge on any atom is -0.340 e. The lowest BCUT2D eigenvalue weighted by atomic mass is 9.96. The maximum atomic E-state index is 12.9.